The normalized spacial score (nSPS) is 11.6. The first-order valence-corrected chi connectivity index (χ1v) is 6.61. The number of rotatable bonds is 6. The highest BCUT2D eigenvalue weighted by Crippen LogP contribution is 2.11. The van der Waals surface area contributed by atoms with Gasteiger partial charge in [-0.15, -0.1) is 0 Å². The van der Waals surface area contributed by atoms with Gasteiger partial charge in [-0.2, -0.15) is 0 Å². The number of nitrogens with zero attached hydrogens (tertiary/aromatic N) is 1. The lowest BCUT2D eigenvalue weighted by molar-refractivity contribution is -0.134. The zero-order valence-electron chi connectivity index (χ0n) is 12.5. The molecule has 1 N–H and O–H groups in total. The molecule has 0 spiro atoms. The van der Waals surface area contributed by atoms with E-state index in [0.717, 1.165) is 5.75 Å². The molecule has 0 heterocycles. The van der Waals surface area contributed by atoms with Gasteiger partial charge in [-0.1, -0.05) is 17.7 Å². The topological polar surface area (TPSA) is 58.6 Å². The highest BCUT2D eigenvalue weighted by molar-refractivity contribution is 5.86. The first-order valence-electron chi connectivity index (χ1n) is 6.61. The summed E-state index contributed by atoms with van der Waals surface area (Å²) in [7, 11) is 1.69. The lowest BCUT2D eigenvalue weighted by Crippen LogP contribution is -2.45. The molecule has 5 nitrogen and oxygen atoms in total. The quantitative estimate of drug-likeness (QED) is 0.854. The van der Waals surface area contributed by atoms with Gasteiger partial charge in [-0.25, -0.2) is 0 Å². The van der Waals surface area contributed by atoms with Crippen molar-refractivity contribution in [1.29, 1.82) is 0 Å². The van der Waals surface area contributed by atoms with Crippen LogP contribution in [0.3, 0.4) is 0 Å². The van der Waals surface area contributed by atoms with Crippen molar-refractivity contribution in [2.24, 2.45) is 0 Å². The second kappa shape index (κ2) is 7.53. The number of likely N-dealkylation sites (N-methyl/N-ethyl adjacent to an activating group) is 1. The molecule has 1 aromatic rings. The van der Waals surface area contributed by atoms with Crippen molar-refractivity contribution in [3.05, 3.63) is 29.8 Å². The Morgan fingerprint density at radius 2 is 1.90 bits per heavy atom. The molecule has 0 radical (unpaired) electrons. The Morgan fingerprint density at radius 3 is 2.45 bits per heavy atom. The highest BCUT2D eigenvalue weighted by atomic mass is 16.5. The van der Waals surface area contributed by atoms with Crippen LogP contribution in [0.15, 0.2) is 24.3 Å². The minimum absolute atomic E-state index is 0.132. The first-order chi connectivity index (χ1) is 9.40. The molecule has 0 aromatic heterocycles. The molecule has 0 saturated carbocycles. The molecular formula is C15H22N2O3. The van der Waals surface area contributed by atoms with E-state index in [2.05, 4.69) is 5.32 Å². The van der Waals surface area contributed by atoms with Gasteiger partial charge in [-0.05, 0) is 26.0 Å². The van der Waals surface area contributed by atoms with Gasteiger partial charge in [0.1, 0.15) is 18.4 Å². The lowest BCUT2D eigenvalue weighted by atomic mass is 10.2. The number of benzene rings is 1. The van der Waals surface area contributed by atoms with Gasteiger partial charge in [-0.3, -0.25) is 9.59 Å². The van der Waals surface area contributed by atoms with Crippen molar-refractivity contribution in [2.75, 3.05) is 20.2 Å². The number of hydrogen-bond donors (Lipinski definition) is 1. The van der Waals surface area contributed by atoms with Crippen molar-refractivity contribution in [2.45, 2.75) is 26.8 Å². The summed E-state index contributed by atoms with van der Waals surface area (Å²) in [5.41, 5.74) is 1.17. The molecule has 0 aliphatic rings. The zero-order valence-corrected chi connectivity index (χ0v) is 12.5. The standard InChI is InChI=1S/C15H22N2O3/c1-11-5-7-14(8-6-11)20-10-9-17(4)15(19)12(2)16-13(3)18/h5-8,12H,9-10H2,1-4H3,(H,16,18). The number of carbonyl (C=O) groups excluding carboxylic acids is 2. The van der Waals surface area contributed by atoms with Gasteiger partial charge >= 0.3 is 0 Å². The maximum absolute atomic E-state index is 11.9. The average Bonchev–Trinajstić information content (AvgIpc) is 2.39. The molecule has 0 bridgehead atoms. The van der Waals surface area contributed by atoms with E-state index >= 15 is 0 Å². The Hall–Kier alpha value is -2.04. The summed E-state index contributed by atoms with van der Waals surface area (Å²) in [5, 5.41) is 2.57. The van der Waals surface area contributed by atoms with Crippen LogP contribution in [0.2, 0.25) is 0 Å². The van der Waals surface area contributed by atoms with Crippen LogP contribution in [-0.2, 0) is 9.59 Å². The summed E-state index contributed by atoms with van der Waals surface area (Å²) in [6.07, 6.45) is 0. The number of carbonyl (C=O) groups is 2. The highest BCUT2D eigenvalue weighted by Gasteiger charge is 2.17. The summed E-state index contributed by atoms with van der Waals surface area (Å²) in [5.74, 6) is 0.439. The van der Waals surface area contributed by atoms with Crippen LogP contribution < -0.4 is 10.1 Å². The predicted octanol–water partition coefficient (Wildman–Crippen LogP) is 1.36. The fraction of sp³-hybridized carbons (Fsp3) is 0.467. The van der Waals surface area contributed by atoms with E-state index in [4.69, 9.17) is 4.74 Å². The second-order valence-corrected chi connectivity index (χ2v) is 4.84. The van der Waals surface area contributed by atoms with Gasteiger partial charge < -0.3 is 15.0 Å². The Labute approximate surface area is 119 Å². The van der Waals surface area contributed by atoms with Gasteiger partial charge in [0.2, 0.25) is 11.8 Å². The molecule has 1 unspecified atom stereocenters. The van der Waals surface area contributed by atoms with Gasteiger partial charge in [0.25, 0.3) is 0 Å². The number of nitrogens with one attached hydrogen (secondary N) is 1. The zero-order chi connectivity index (χ0) is 15.1. The smallest absolute Gasteiger partial charge is 0.244 e. The van der Waals surface area contributed by atoms with Crippen molar-refractivity contribution in [1.82, 2.24) is 10.2 Å². The third kappa shape index (κ3) is 5.30. The maximum atomic E-state index is 11.9. The van der Waals surface area contributed by atoms with E-state index in [0.29, 0.717) is 13.2 Å². The van der Waals surface area contributed by atoms with E-state index in [9.17, 15) is 9.59 Å². The van der Waals surface area contributed by atoms with Crippen LogP contribution in [0.1, 0.15) is 19.4 Å². The van der Waals surface area contributed by atoms with E-state index in [1.165, 1.54) is 12.5 Å². The van der Waals surface area contributed by atoms with E-state index < -0.39 is 6.04 Å². The van der Waals surface area contributed by atoms with E-state index in [-0.39, 0.29) is 11.8 Å². The Kier molecular flexibility index (Phi) is 6.03. The van der Waals surface area contributed by atoms with E-state index in [1.807, 2.05) is 31.2 Å². The monoisotopic (exact) mass is 278 g/mol. The number of amides is 2. The Bertz CT molecular complexity index is 457. The van der Waals surface area contributed by atoms with Gasteiger partial charge in [0.05, 0.1) is 6.54 Å². The Morgan fingerprint density at radius 1 is 1.30 bits per heavy atom. The summed E-state index contributed by atoms with van der Waals surface area (Å²) < 4.78 is 5.56. The van der Waals surface area contributed by atoms with Crippen molar-refractivity contribution < 1.29 is 14.3 Å². The largest absolute Gasteiger partial charge is 0.492 e. The molecule has 1 aromatic carbocycles. The average molecular weight is 278 g/mol. The van der Waals surface area contributed by atoms with Gasteiger partial charge in [0, 0.05) is 14.0 Å². The molecule has 0 fully saturated rings. The van der Waals surface area contributed by atoms with Crippen LogP contribution >= 0.6 is 0 Å². The maximum Gasteiger partial charge on any atom is 0.244 e. The molecule has 5 heteroatoms. The molecule has 0 aliphatic carbocycles. The minimum Gasteiger partial charge on any atom is -0.492 e. The molecule has 20 heavy (non-hydrogen) atoms. The number of hydrogen-bond acceptors (Lipinski definition) is 3. The molecule has 110 valence electrons. The van der Waals surface area contributed by atoms with Crippen LogP contribution in [0, 0.1) is 6.92 Å². The third-order valence-electron chi connectivity index (χ3n) is 2.88. The SMILES string of the molecule is CC(=O)NC(C)C(=O)N(C)CCOc1ccc(C)cc1. The predicted molar refractivity (Wildman–Crippen MR) is 77.6 cm³/mol. The third-order valence-corrected chi connectivity index (χ3v) is 2.88. The van der Waals surface area contributed by atoms with Crippen LogP contribution in [0.25, 0.3) is 0 Å². The summed E-state index contributed by atoms with van der Waals surface area (Å²) in [4.78, 5) is 24.4. The van der Waals surface area contributed by atoms with Crippen LogP contribution in [-0.4, -0.2) is 43.0 Å². The minimum atomic E-state index is -0.517. The van der Waals surface area contributed by atoms with Crippen molar-refractivity contribution in [3.8, 4) is 5.75 Å². The van der Waals surface area contributed by atoms with Crippen LogP contribution in [0.4, 0.5) is 0 Å². The summed E-state index contributed by atoms with van der Waals surface area (Å²) in [6, 6.07) is 7.23. The Balaban J connectivity index is 2.35. The van der Waals surface area contributed by atoms with E-state index in [1.54, 1.807) is 18.9 Å². The van der Waals surface area contributed by atoms with Crippen LogP contribution in [0.5, 0.6) is 5.75 Å². The summed E-state index contributed by atoms with van der Waals surface area (Å²) >= 11 is 0. The molecule has 1 rings (SSSR count). The second-order valence-electron chi connectivity index (χ2n) is 4.84. The molecule has 2 amide bonds. The van der Waals surface area contributed by atoms with Crippen molar-refractivity contribution >= 4 is 11.8 Å². The fourth-order valence-electron chi connectivity index (χ4n) is 1.74. The summed E-state index contributed by atoms with van der Waals surface area (Å²) in [6.45, 7) is 5.96. The lowest BCUT2D eigenvalue weighted by Gasteiger charge is -2.21. The fourth-order valence-corrected chi connectivity index (χ4v) is 1.74. The first kappa shape index (κ1) is 16.0. The molecule has 1 atom stereocenters. The molecular weight excluding hydrogens is 256 g/mol. The molecule has 0 saturated heterocycles. The number of ether oxygens (including phenoxy) is 1. The number of aryl methyl sites for hydroxylation is 1. The van der Waals surface area contributed by atoms with Crippen molar-refractivity contribution in [3.63, 3.8) is 0 Å². The van der Waals surface area contributed by atoms with Gasteiger partial charge in [0.15, 0.2) is 0 Å². The molecule has 0 aliphatic heterocycles.